The summed E-state index contributed by atoms with van der Waals surface area (Å²) < 4.78 is 0. The summed E-state index contributed by atoms with van der Waals surface area (Å²) in [7, 11) is 0. The van der Waals surface area contributed by atoms with Gasteiger partial charge in [-0.25, -0.2) is 20.4 Å². The van der Waals surface area contributed by atoms with Crippen LogP contribution in [-0.4, -0.2) is 12.2 Å². The van der Waals surface area contributed by atoms with Crippen molar-refractivity contribution in [1.82, 2.24) is 0 Å². The third kappa shape index (κ3) is 10.8. The molecule has 1 rings (SSSR count). The molecule has 4 nitrogen and oxygen atoms in total. The van der Waals surface area contributed by atoms with Crippen molar-refractivity contribution in [2.45, 2.75) is 39.5 Å². The number of isocyanates is 2. The van der Waals surface area contributed by atoms with Crippen molar-refractivity contribution in [3.63, 3.8) is 0 Å². The van der Waals surface area contributed by atoms with Crippen LogP contribution in [-0.2, 0) is 9.59 Å². The zero-order valence-electron chi connectivity index (χ0n) is 8.80. The number of carbonyl (C=O) groups excluding carboxylic acids is 2. The molecule has 0 amide bonds. The molecule has 14 heavy (non-hydrogen) atoms. The van der Waals surface area contributed by atoms with E-state index in [0.717, 1.165) is 24.0 Å². The van der Waals surface area contributed by atoms with Crippen LogP contribution in [0.2, 0.25) is 0 Å². The molecule has 1 fully saturated rings. The average Bonchev–Trinajstić information content (AvgIpc) is 2.13. The zero-order chi connectivity index (χ0) is 11.4. The highest BCUT2D eigenvalue weighted by molar-refractivity contribution is 5.26. The topological polar surface area (TPSA) is 81.8 Å². The highest BCUT2D eigenvalue weighted by Crippen LogP contribution is 2.28. The van der Waals surface area contributed by atoms with Crippen molar-refractivity contribution in [3.05, 3.63) is 0 Å². The minimum atomic E-state index is 0.750. The Morgan fingerprint density at radius 2 is 1.14 bits per heavy atom. The van der Waals surface area contributed by atoms with E-state index in [9.17, 15) is 0 Å². The Morgan fingerprint density at radius 1 is 0.929 bits per heavy atom. The van der Waals surface area contributed by atoms with Crippen molar-refractivity contribution >= 4 is 12.2 Å². The first-order valence-electron chi connectivity index (χ1n) is 4.71. The molecule has 0 aromatic rings. The van der Waals surface area contributed by atoms with Crippen LogP contribution in [0.5, 0.6) is 0 Å². The predicted molar refractivity (Wildman–Crippen MR) is 53.6 cm³/mol. The number of rotatable bonds is 0. The van der Waals surface area contributed by atoms with Crippen LogP contribution < -0.4 is 0 Å². The quantitative estimate of drug-likeness (QED) is 0.463. The smallest absolute Gasteiger partial charge is 0.222 e. The first kappa shape index (κ1) is 15.2. The maximum Gasteiger partial charge on any atom is 0.231 e. The predicted octanol–water partition coefficient (Wildman–Crippen LogP) is 2.63. The lowest BCUT2D eigenvalue weighted by Crippen LogP contribution is -2.12. The summed E-state index contributed by atoms with van der Waals surface area (Å²) in [5, 5.41) is 10.8. The molecule has 80 valence electrons. The van der Waals surface area contributed by atoms with E-state index in [4.69, 9.17) is 20.4 Å². The van der Waals surface area contributed by atoms with E-state index in [-0.39, 0.29) is 0 Å². The maximum atomic E-state index is 8.35. The highest BCUT2D eigenvalue weighted by atomic mass is 16.1. The van der Waals surface area contributed by atoms with E-state index in [0.29, 0.717) is 0 Å². The van der Waals surface area contributed by atoms with Gasteiger partial charge in [0.05, 0.1) is 0 Å². The molecule has 2 unspecified atom stereocenters. The van der Waals surface area contributed by atoms with Gasteiger partial charge in [0.15, 0.2) is 0 Å². The molecule has 4 heteroatoms. The van der Waals surface area contributed by atoms with Gasteiger partial charge in [0.2, 0.25) is 12.2 Å². The fourth-order valence-corrected chi connectivity index (χ4v) is 1.50. The van der Waals surface area contributed by atoms with Crippen LogP contribution in [0.25, 0.3) is 0 Å². The van der Waals surface area contributed by atoms with Gasteiger partial charge in [-0.2, -0.15) is 0 Å². The number of hydrogen-bond donors (Lipinski definition) is 2. The van der Waals surface area contributed by atoms with Crippen molar-refractivity contribution in [1.29, 1.82) is 10.8 Å². The lowest BCUT2D eigenvalue weighted by atomic mass is 9.82. The zero-order valence-corrected chi connectivity index (χ0v) is 8.80. The van der Waals surface area contributed by atoms with Crippen LogP contribution in [0, 0.1) is 22.7 Å². The summed E-state index contributed by atoms with van der Waals surface area (Å²) in [5.41, 5.74) is 0. The van der Waals surface area contributed by atoms with Gasteiger partial charge < -0.3 is 0 Å². The molecule has 0 aromatic carbocycles. The van der Waals surface area contributed by atoms with Gasteiger partial charge in [-0.15, -0.1) is 0 Å². The molecule has 1 aliphatic rings. The maximum absolute atomic E-state index is 8.35. The molecule has 0 radical (unpaired) electrons. The van der Waals surface area contributed by atoms with Crippen molar-refractivity contribution in [2.24, 2.45) is 11.8 Å². The summed E-state index contributed by atoms with van der Waals surface area (Å²) >= 11 is 0. The van der Waals surface area contributed by atoms with E-state index in [1.807, 2.05) is 0 Å². The van der Waals surface area contributed by atoms with Crippen LogP contribution in [0.3, 0.4) is 0 Å². The first-order chi connectivity index (χ1) is 6.63. The second kappa shape index (κ2) is 11.8. The highest BCUT2D eigenvalue weighted by Gasteiger charge is 2.15. The van der Waals surface area contributed by atoms with Crippen LogP contribution >= 0.6 is 0 Å². The lowest BCUT2D eigenvalue weighted by molar-refractivity contribution is 0.277. The monoisotopic (exact) mass is 198 g/mol. The van der Waals surface area contributed by atoms with Crippen LogP contribution in [0.15, 0.2) is 0 Å². The molecule has 0 aromatic heterocycles. The van der Waals surface area contributed by atoms with Gasteiger partial charge in [-0.3, -0.25) is 0 Å². The fourth-order valence-electron chi connectivity index (χ4n) is 1.50. The van der Waals surface area contributed by atoms with E-state index in [1.165, 1.54) is 25.7 Å². The van der Waals surface area contributed by atoms with Gasteiger partial charge in [0, 0.05) is 0 Å². The molecule has 0 saturated heterocycles. The van der Waals surface area contributed by atoms with Crippen molar-refractivity contribution in [2.75, 3.05) is 0 Å². The molecule has 0 aliphatic heterocycles. The Bertz CT molecular complexity index is 170. The largest absolute Gasteiger partial charge is 0.231 e. The standard InChI is InChI=1S/C8H16.2CHNO/c1-7-5-3-4-6-8(7)2;2*2-1-3/h7-8H,3-6H2,1-2H3;2*2H. The molecule has 1 saturated carbocycles. The minimum Gasteiger partial charge on any atom is -0.222 e. The van der Waals surface area contributed by atoms with Gasteiger partial charge in [0.25, 0.3) is 0 Å². The minimum absolute atomic E-state index is 0.750. The van der Waals surface area contributed by atoms with E-state index >= 15 is 0 Å². The van der Waals surface area contributed by atoms with Crippen LogP contribution in [0.1, 0.15) is 39.5 Å². The first-order valence-corrected chi connectivity index (χ1v) is 4.71. The number of nitrogens with one attached hydrogen (secondary N) is 2. The number of hydrogen-bond acceptors (Lipinski definition) is 4. The molecule has 0 spiro atoms. The molecule has 2 N–H and O–H groups in total. The molecule has 0 heterocycles. The van der Waals surface area contributed by atoms with Gasteiger partial charge in [-0.1, -0.05) is 39.5 Å². The lowest BCUT2D eigenvalue weighted by Gasteiger charge is -2.24. The summed E-state index contributed by atoms with van der Waals surface area (Å²) in [6, 6.07) is 0. The molecular weight excluding hydrogens is 180 g/mol. The van der Waals surface area contributed by atoms with Gasteiger partial charge in [-0.05, 0) is 11.8 Å². The van der Waals surface area contributed by atoms with Gasteiger partial charge >= 0.3 is 0 Å². The third-order valence-corrected chi connectivity index (χ3v) is 2.54. The fraction of sp³-hybridized carbons (Fsp3) is 0.800. The summed E-state index contributed by atoms with van der Waals surface area (Å²) in [6.45, 7) is 4.76. The summed E-state index contributed by atoms with van der Waals surface area (Å²) in [6.07, 6.45) is 7.40. The Labute approximate surface area is 84.7 Å². The van der Waals surface area contributed by atoms with Crippen molar-refractivity contribution in [3.8, 4) is 0 Å². The second-order valence-corrected chi connectivity index (χ2v) is 3.44. The Morgan fingerprint density at radius 3 is 1.29 bits per heavy atom. The van der Waals surface area contributed by atoms with Crippen LogP contribution in [0.4, 0.5) is 0 Å². The Hall–Kier alpha value is -1.24. The molecule has 0 bridgehead atoms. The molecular formula is C10H18N2O2. The van der Waals surface area contributed by atoms with E-state index in [1.54, 1.807) is 0 Å². The Kier molecular flexibility index (Phi) is 12.8. The Balaban J connectivity index is 0. The SMILES string of the molecule is CC1CCCCC1C.N=C=O.N=C=O. The van der Waals surface area contributed by atoms with E-state index < -0.39 is 0 Å². The normalized spacial score (nSPS) is 23.9. The third-order valence-electron chi connectivity index (χ3n) is 2.54. The summed E-state index contributed by atoms with van der Waals surface area (Å²) in [5.74, 6) is 2.01. The molecule has 1 aliphatic carbocycles. The van der Waals surface area contributed by atoms with Gasteiger partial charge in [0.1, 0.15) is 0 Å². The molecule has 2 atom stereocenters. The summed E-state index contributed by atoms with van der Waals surface area (Å²) in [4.78, 5) is 16.7. The second-order valence-electron chi connectivity index (χ2n) is 3.44. The average molecular weight is 198 g/mol. The van der Waals surface area contributed by atoms with E-state index in [2.05, 4.69) is 13.8 Å². The van der Waals surface area contributed by atoms with Crippen molar-refractivity contribution < 1.29 is 9.59 Å².